The van der Waals surface area contributed by atoms with Crippen LogP contribution in [0.5, 0.6) is 0 Å². The summed E-state index contributed by atoms with van der Waals surface area (Å²) in [6, 6.07) is 7.89. The smallest absolute Gasteiger partial charge is 0.238 e. The summed E-state index contributed by atoms with van der Waals surface area (Å²) < 4.78 is 48.3. The lowest BCUT2D eigenvalue weighted by molar-refractivity contribution is 0.251. The molecule has 1 aliphatic rings. The van der Waals surface area contributed by atoms with E-state index in [-0.39, 0.29) is 9.79 Å². The molecule has 1 aliphatic heterocycles. The lowest BCUT2D eigenvalue weighted by Crippen LogP contribution is -2.46. The Morgan fingerprint density at radius 1 is 1.07 bits per heavy atom. The molecule has 0 amide bonds. The second kappa shape index (κ2) is 7.69. The van der Waals surface area contributed by atoms with E-state index in [1.807, 2.05) is 17.0 Å². The first-order chi connectivity index (χ1) is 12.5. The topological polar surface area (TPSA) is 101 Å². The summed E-state index contributed by atoms with van der Waals surface area (Å²) in [7, 11) is -7.59. The average molecular weight is 450 g/mol. The van der Waals surface area contributed by atoms with Crippen LogP contribution in [0.2, 0.25) is 4.34 Å². The molecule has 0 radical (unpaired) electrons. The number of sulfone groups is 1. The van der Waals surface area contributed by atoms with Gasteiger partial charge in [0.15, 0.2) is 9.84 Å². The van der Waals surface area contributed by atoms with Crippen LogP contribution in [0.3, 0.4) is 0 Å². The molecule has 11 heteroatoms. The predicted molar refractivity (Wildman–Crippen MR) is 108 cm³/mol. The number of nitrogens with two attached hydrogens (primary N) is 1. The molecule has 0 atom stereocenters. The number of hydrogen-bond donors (Lipinski definition) is 1. The first-order valence-corrected chi connectivity index (χ1v) is 12.8. The Kier molecular flexibility index (Phi) is 5.85. The minimum atomic E-state index is -3.98. The summed E-state index contributed by atoms with van der Waals surface area (Å²) in [6.07, 6.45) is 1.07. The fourth-order valence-corrected chi connectivity index (χ4v) is 5.70. The van der Waals surface area contributed by atoms with Crippen molar-refractivity contribution in [2.75, 3.05) is 37.3 Å². The zero-order valence-electron chi connectivity index (χ0n) is 14.6. The number of rotatable bonds is 5. The van der Waals surface area contributed by atoms with Gasteiger partial charge in [-0.05, 0) is 30.3 Å². The summed E-state index contributed by atoms with van der Waals surface area (Å²) in [6.45, 7) is 3.59. The molecular formula is C16H20ClN3O4S3. The van der Waals surface area contributed by atoms with Crippen LogP contribution in [-0.4, -0.2) is 54.2 Å². The molecule has 7 nitrogen and oxygen atoms in total. The van der Waals surface area contributed by atoms with Crippen molar-refractivity contribution in [3.8, 4) is 0 Å². The Hall–Kier alpha value is -1.17. The number of benzene rings is 1. The molecule has 0 aliphatic carbocycles. The summed E-state index contributed by atoms with van der Waals surface area (Å²) in [5, 5.41) is 5.14. The highest BCUT2D eigenvalue weighted by atomic mass is 35.5. The molecule has 27 heavy (non-hydrogen) atoms. The Morgan fingerprint density at radius 2 is 1.74 bits per heavy atom. The highest BCUT2D eigenvalue weighted by molar-refractivity contribution is 7.91. The minimum absolute atomic E-state index is 0.0208. The quantitative estimate of drug-likeness (QED) is 0.746. The Morgan fingerprint density at radius 3 is 2.26 bits per heavy atom. The zero-order chi connectivity index (χ0) is 19.8. The number of hydrogen-bond acceptors (Lipinski definition) is 7. The van der Waals surface area contributed by atoms with Crippen LogP contribution in [0.25, 0.3) is 0 Å². The molecule has 148 valence electrons. The van der Waals surface area contributed by atoms with Gasteiger partial charge in [-0.25, -0.2) is 22.0 Å². The lowest BCUT2D eigenvalue weighted by Gasteiger charge is -2.36. The molecule has 1 aromatic heterocycles. The minimum Gasteiger partial charge on any atom is -0.368 e. The Labute approximate surface area is 168 Å². The monoisotopic (exact) mass is 449 g/mol. The van der Waals surface area contributed by atoms with Crippen LogP contribution >= 0.6 is 22.9 Å². The molecule has 0 spiro atoms. The highest BCUT2D eigenvalue weighted by Crippen LogP contribution is 2.29. The van der Waals surface area contributed by atoms with Crippen LogP contribution < -0.4 is 10.0 Å². The SMILES string of the molecule is CS(=O)(=O)c1cc(S(N)(=O)=O)ccc1N1CCN(Cc2ccc(Cl)s2)CC1. The second-order valence-electron chi connectivity index (χ2n) is 6.42. The molecule has 1 aromatic carbocycles. The molecule has 2 heterocycles. The zero-order valence-corrected chi connectivity index (χ0v) is 17.8. The van der Waals surface area contributed by atoms with Crippen LogP contribution in [0.1, 0.15) is 4.88 Å². The average Bonchev–Trinajstić information content (AvgIpc) is 2.98. The number of piperazine rings is 1. The third kappa shape index (κ3) is 5.01. The van der Waals surface area contributed by atoms with E-state index in [1.165, 1.54) is 17.0 Å². The van der Waals surface area contributed by atoms with Crippen LogP contribution in [0.15, 0.2) is 40.1 Å². The van der Waals surface area contributed by atoms with Gasteiger partial charge in [0.2, 0.25) is 10.0 Å². The molecule has 0 bridgehead atoms. The summed E-state index contributed by atoms with van der Waals surface area (Å²) >= 11 is 7.52. The van der Waals surface area contributed by atoms with Gasteiger partial charge in [-0.2, -0.15) is 0 Å². The van der Waals surface area contributed by atoms with Gasteiger partial charge < -0.3 is 4.90 Å². The predicted octanol–water partition coefficient (Wildman–Crippen LogP) is 1.77. The van der Waals surface area contributed by atoms with Crippen molar-refractivity contribution in [2.24, 2.45) is 5.14 Å². The van der Waals surface area contributed by atoms with E-state index in [4.69, 9.17) is 16.7 Å². The van der Waals surface area contributed by atoms with Crippen molar-refractivity contribution in [1.29, 1.82) is 0 Å². The Bertz CT molecular complexity index is 1040. The van der Waals surface area contributed by atoms with E-state index in [9.17, 15) is 16.8 Å². The van der Waals surface area contributed by atoms with Gasteiger partial charge in [0.25, 0.3) is 0 Å². The lowest BCUT2D eigenvalue weighted by atomic mass is 10.2. The van der Waals surface area contributed by atoms with Crippen LogP contribution in [0.4, 0.5) is 5.69 Å². The molecular weight excluding hydrogens is 430 g/mol. The van der Waals surface area contributed by atoms with Gasteiger partial charge in [0.1, 0.15) is 0 Å². The largest absolute Gasteiger partial charge is 0.368 e. The fraction of sp³-hybridized carbons (Fsp3) is 0.375. The highest BCUT2D eigenvalue weighted by Gasteiger charge is 2.24. The first kappa shape index (κ1) is 20.6. The van der Waals surface area contributed by atoms with Gasteiger partial charge in [-0.3, -0.25) is 4.90 Å². The van der Waals surface area contributed by atoms with E-state index in [1.54, 1.807) is 11.3 Å². The molecule has 3 rings (SSSR count). The number of nitrogens with zero attached hydrogens (tertiary/aromatic N) is 2. The van der Waals surface area contributed by atoms with E-state index >= 15 is 0 Å². The Balaban J connectivity index is 1.79. The van der Waals surface area contributed by atoms with Crippen LogP contribution in [0, 0.1) is 0 Å². The van der Waals surface area contributed by atoms with Crippen molar-refractivity contribution >= 4 is 48.5 Å². The fourth-order valence-electron chi connectivity index (χ4n) is 3.03. The summed E-state index contributed by atoms with van der Waals surface area (Å²) in [4.78, 5) is 5.19. The maximum absolute atomic E-state index is 12.2. The maximum Gasteiger partial charge on any atom is 0.238 e. The van der Waals surface area contributed by atoms with Crippen molar-refractivity contribution in [3.63, 3.8) is 0 Å². The van der Waals surface area contributed by atoms with E-state index < -0.39 is 19.9 Å². The molecule has 2 N–H and O–H groups in total. The number of halogens is 1. The van der Waals surface area contributed by atoms with Crippen molar-refractivity contribution in [1.82, 2.24) is 4.90 Å². The third-order valence-electron chi connectivity index (χ3n) is 4.38. The van der Waals surface area contributed by atoms with Gasteiger partial charge in [-0.15, -0.1) is 11.3 Å². The van der Waals surface area contributed by atoms with E-state index in [0.717, 1.165) is 36.3 Å². The number of anilines is 1. The number of primary sulfonamides is 1. The van der Waals surface area contributed by atoms with Gasteiger partial charge in [0.05, 0.1) is 19.8 Å². The molecule has 1 fully saturated rings. The summed E-state index contributed by atoms with van der Waals surface area (Å²) in [5.41, 5.74) is 0.503. The van der Waals surface area contributed by atoms with Gasteiger partial charge in [-0.1, -0.05) is 11.6 Å². The van der Waals surface area contributed by atoms with Crippen LogP contribution in [-0.2, 0) is 26.4 Å². The maximum atomic E-state index is 12.2. The van der Waals surface area contributed by atoms with E-state index in [0.29, 0.717) is 18.8 Å². The second-order valence-corrected chi connectivity index (χ2v) is 11.8. The molecule has 0 saturated carbocycles. The third-order valence-corrected chi connectivity index (χ3v) is 7.63. The summed E-state index contributed by atoms with van der Waals surface area (Å²) in [5.74, 6) is 0. The molecule has 0 unspecified atom stereocenters. The standard InChI is InChI=1S/C16H20ClN3O4S3/c1-26(21,22)15-10-13(27(18,23)24)3-4-14(15)20-8-6-19(7-9-20)11-12-2-5-16(17)25-12/h2-5,10H,6-9,11H2,1H3,(H2,18,23,24). The van der Waals surface area contributed by atoms with E-state index in [2.05, 4.69) is 4.90 Å². The van der Waals surface area contributed by atoms with Crippen molar-refractivity contribution < 1.29 is 16.8 Å². The van der Waals surface area contributed by atoms with Gasteiger partial charge >= 0.3 is 0 Å². The number of sulfonamides is 1. The van der Waals surface area contributed by atoms with Gasteiger partial charge in [0, 0.05) is 43.9 Å². The normalized spacial score (nSPS) is 16.6. The molecule has 1 saturated heterocycles. The van der Waals surface area contributed by atoms with Crippen molar-refractivity contribution in [2.45, 2.75) is 16.3 Å². The number of thiophene rings is 1. The van der Waals surface area contributed by atoms with Crippen molar-refractivity contribution in [3.05, 3.63) is 39.5 Å². The molecule has 2 aromatic rings. The first-order valence-electron chi connectivity index (χ1n) is 8.12.